The van der Waals surface area contributed by atoms with E-state index in [0.717, 1.165) is 25.0 Å². The van der Waals surface area contributed by atoms with E-state index in [4.69, 9.17) is 4.52 Å². The van der Waals surface area contributed by atoms with Crippen LogP contribution in [0.3, 0.4) is 0 Å². The molecular formula is C19H17F3N4O3S2. The summed E-state index contributed by atoms with van der Waals surface area (Å²) in [4.78, 5) is 8.45. The summed E-state index contributed by atoms with van der Waals surface area (Å²) in [6.07, 6.45) is -1.43. The molecule has 7 nitrogen and oxygen atoms in total. The van der Waals surface area contributed by atoms with E-state index in [1.165, 1.54) is 40.5 Å². The van der Waals surface area contributed by atoms with Crippen molar-refractivity contribution in [2.45, 2.75) is 34.7 Å². The fourth-order valence-corrected chi connectivity index (χ4v) is 5.23. The first-order valence-corrected chi connectivity index (χ1v) is 11.8. The highest BCUT2D eigenvalue weighted by molar-refractivity contribution is 7.98. The largest absolute Gasteiger partial charge is 0.416 e. The summed E-state index contributed by atoms with van der Waals surface area (Å²) in [5.74, 6) is 0.506. The summed E-state index contributed by atoms with van der Waals surface area (Å²) in [6.45, 7) is 1.04. The third-order valence-corrected chi connectivity index (χ3v) is 7.48. The van der Waals surface area contributed by atoms with Crippen molar-refractivity contribution in [1.29, 1.82) is 0 Å². The van der Waals surface area contributed by atoms with Crippen LogP contribution in [0.4, 0.5) is 13.2 Å². The van der Waals surface area contributed by atoms with Crippen LogP contribution in [0.15, 0.2) is 57.0 Å². The van der Waals surface area contributed by atoms with E-state index in [1.54, 1.807) is 6.07 Å². The maximum atomic E-state index is 12.9. The van der Waals surface area contributed by atoms with Crippen molar-refractivity contribution < 1.29 is 26.1 Å². The normalized spacial score (nSPS) is 15.5. The van der Waals surface area contributed by atoms with E-state index in [2.05, 4.69) is 15.1 Å². The molecule has 164 valence electrons. The molecule has 1 saturated heterocycles. The minimum absolute atomic E-state index is 0.0571. The van der Waals surface area contributed by atoms with Gasteiger partial charge in [-0.3, -0.25) is 0 Å². The topological polar surface area (TPSA) is 89.2 Å². The summed E-state index contributed by atoms with van der Waals surface area (Å²) in [7, 11) is -3.52. The molecule has 0 aliphatic carbocycles. The highest BCUT2D eigenvalue weighted by Gasteiger charge is 2.31. The molecule has 0 unspecified atom stereocenters. The number of sulfonamides is 1. The second-order valence-corrected chi connectivity index (χ2v) is 9.76. The van der Waals surface area contributed by atoms with Gasteiger partial charge in [0.1, 0.15) is 4.90 Å². The molecule has 0 radical (unpaired) electrons. The van der Waals surface area contributed by atoms with Gasteiger partial charge in [-0.15, -0.1) is 0 Å². The van der Waals surface area contributed by atoms with Gasteiger partial charge in [0.25, 0.3) is 0 Å². The van der Waals surface area contributed by atoms with Crippen molar-refractivity contribution in [3.8, 4) is 11.4 Å². The van der Waals surface area contributed by atoms with Crippen molar-refractivity contribution >= 4 is 21.8 Å². The molecule has 0 amide bonds. The Kier molecular flexibility index (Phi) is 6.04. The van der Waals surface area contributed by atoms with Crippen molar-refractivity contribution in [2.24, 2.45) is 0 Å². The van der Waals surface area contributed by atoms with E-state index < -0.39 is 21.8 Å². The quantitative estimate of drug-likeness (QED) is 0.498. The average Bonchev–Trinajstić information content (AvgIpc) is 3.45. The van der Waals surface area contributed by atoms with Crippen LogP contribution in [-0.2, 0) is 22.0 Å². The molecule has 0 N–H and O–H groups in total. The second-order valence-electron chi connectivity index (χ2n) is 6.82. The number of hydrogen-bond acceptors (Lipinski definition) is 7. The number of pyridine rings is 1. The molecule has 2 aromatic heterocycles. The highest BCUT2D eigenvalue weighted by Crippen LogP contribution is 2.32. The lowest BCUT2D eigenvalue weighted by Crippen LogP contribution is -2.27. The lowest BCUT2D eigenvalue weighted by molar-refractivity contribution is -0.137. The molecule has 0 atom stereocenters. The molecule has 1 aromatic carbocycles. The number of thioether (sulfide) groups is 1. The van der Waals surface area contributed by atoms with Gasteiger partial charge in [-0.25, -0.2) is 13.4 Å². The lowest BCUT2D eigenvalue weighted by Gasteiger charge is -2.15. The molecule has 0 saturated carbocycles. The monoisotopic (exact) mass is 470 g/mol. The molecule has 0 spiro atoms. The average molecular weight is 470 g/mol. The first-order chi connectivity index (χ1) is 14.7. The number of nitrogens with zero attached hydrogens (tertiary/aromatic N) is 4. The minimum Gasteiger partial charge on any atom is -0.338 e. The summed E-state index contributed by atoms with van der Waals surface area (Å²) >= 11 is 1.25. The van der Waals surface area contributed by atoms with E-state index in [9.17, 15) is 21.6 Å². The van der Waals surface area contributed by atoms with Gasteiger partial charge in [0.2, 0.25) is 21.7 Å². The van der Waals surface area contributed by atoms with Crippen LogP contribution in [-0.4, -0.2) is 40.9 Å². The zero-order valence-electron chi connectivity index (χ0n) is 16.0. The number of rotatable bonds is 6. The fourth-order valence-electron chi connectivity index (χ4n) is 3.08. The zero-order chi connectivity index (χ0) is 22.1. The fraction of sp³-hybridized carbons (Fsp3) is 0.316. The van der Waals surface area contributed by atoms with Crippen molar-refractivity contribution in [3.63, 3.8) is 0 Å². The molecule has 0 bridgehead atoms. The van der Waals surface area contributed by atoms with Gasteiger partial charge in [-0.2, -0.15) is 22.5 Å². The van der Waals surface area contributed by atoms with Crippen LogP contribution in [0.1, 0.15) is 24.3 Å². The van der Waals surface area contributed by atoms with Crippen LogP contribution in [0.2, 0.25) is 0 Å². The molecule has 3 heterocycles. The number of hydrogen-bond donors (Lipinski definition) is 0. The van der Waals surface area contributed by atoms with Crippen LogP contribution in [0, 0.1) is 0 Å². The van der Waals surface area contributed by atoms with Crippen LogP contribution < -0.4 is 0 Å². The van der Waals surface area contributed by atoms with Gasteiger partial charge in [-0.1, -0.05) is 29.1 Å². The number of alkyl halides is 3. The lowest BCUT2D eigenvalue weighted by atomic mass is 10.1. The third-order valence-electron chi connectivity index (χ3n) is 4.67. The maximum absolute atomic E-state index is 12.9. The predicted octanol–water partition coefficient (Wildman–Crippen LogP) is 4.23. The Bertz CT molecular complexity index is 1160. The first-order valence-electron chi connectivity index (χ1n) is 9.33. The molecular weight excluding hydrogens is 453 g/mol. The maximum Gasteiger partial charge on any atom is 0.416 e. The van der Waals surface area contributed by atoms with E-state index >= 15 is 0 Å². The molecule has 12 heteroatoms. The number of benzene rings is 1. The summed E-state index contributed by atoms with van der Waals surface area (Å²) in [6, 6.07) is 7.79. The molecule has 1 aliphatic rings. The molecule has 4 rings (SSSR count). The molecule has 1 fully saturated rings. The number of halogens is 3. The Morgan fingerprint density at radius 3 is 2.58 bits per heavy atom. The predicted molar refractivity (Wildman–Crippen MR) is 107 cm³/mol. The standard InChI is InChI=1S/C19H17F3N4O3S2/c20-19(21,22)14-5-3-4-13(10-14)18-24-16(29-25-18)12-30-17-7-6-15(11-23-17)31(27,28)26-8-1-2-9-26/h3-7,10-11H,1-2,8-9,12H2. The Hall–Kier alpha value is -2.44. The van der Waals surface area contributed by atoms with Gasteiger partial charge in [0.05, 0.1) is 16.3 Å². The molecule has 1 aliphatic heterocycles. The third kappa shape index (κ3) is 4.91. The van der Waals surface area contributed by atoms with Crippen molar-refractivity contribution in [2.75, 3.05) is 13.1 Å². The summed E-state index contributed by atoms with van der Waals surface area (Å²) in [5, 5.41) is 4.30. The molecule has 31 heavy (non-hydrogen) atoms. The van der Waals surface area contributed by atoms with Crippen LogP contribution in [0.25, 0.3) is 11.4 Å². The Morgan fingerprint density at radius 1 is 1.13 bits per heavy atom. The minimum atomic E-state index is -4.46. The first kappa shape index (κ1) is 21.8. The van der Waals surface area contributed by atoms with Crippen molar-refractivity contribution in [3.05, 3.63) is 54.0 Å². The molecule has 3 aromatic rings. The van der Waals surface area contributed by atoms with E-state index in [-0.39, 0.29) is 27.9 Å². The van der Waals surface area contributed by atoms with Gasteiger partial charge < -0.3 is 4.52 Å². The zero-order valence-corrected chi connectivity index (χ0v) is 17.7. The van der Waals surface area contributed by atoms with Gasteiger partial charge in [-0.05, 0) is 37.1 Å². The smallest absolute Gasteiger partial charge is 0.338 e. The van der Waals surface area contributed by atoms with Gasteiger partial charge in [0.15, 0.2) is 0 Å². The Morgan fingerprint density at radius 2 is 1.90 bits per heavy atom. The van der Waals surface area contributed by atoms with Gasteiger partial charge in [0, 0.05) is 24.8 Å². The van der Waals surface area contributed by atoms with E-state index in [0.29, 0.717) is 18.1 Å². The van der Waals surface area contributed by atoms with E-state index in [1.807, 2.05) is 0 Å². The summed E-state index contributed by atoms with van der Waals surface area (Å²) < 4.78 is 70.2. The second kappa shape index (κ2) is 8.60. The van der Waals surface area contributed by atoms with Crippen LogP contribution >= 0.6 is 11.8 Å². The Labute approximate surface area is 180 Å². The van der Waals surface area contributed by atoms with Crippen molar-refractivity contribution in [1.82, 2.24) is 19.4 Å². The number of aromatic nitrogens is 3. The summed E-state index contributed by atoms with van der Waals surface area (Å²) in [5.41, 5.74) is -0.594. The van der Waals surface area contributed by atoms with Gasteiger partial charge >= 0.3 is 6.18 Å². The Balaban J connectivity index is 1.41. The van der Waals surface area contributed by atoms with Crippen LogP contribution in [0.5, 0.6) is 0 Å². The SMILES string of the molecule is O=S(=O)(c1ccc(SCc2nc(-c3cccc(C(F)(F)F)c3)no2)nc1)N1CCCC1. The highest BCUT2D eigenvalue weighted by atomic mass is 32.2.